The molecule has 6 heteroatoms. The van der Waals surface area contributed by atoms with Crippen molar-refractivity contribution in [3.8, 4) is 22.9 Å². The fourth-order valence-electron chi connectivity index (χ4n) is 3.42. The highest BCUT2D eigenvalue weighted by Gasteiger charge is 2.19. The second kappa shape index (κ2) is 8.73. The summed E-state index contributed by atoms with van der Waals surface area (Å²) >= 11 is 0. The summed E-state index contributed by atoms with van der Waals surface area (Å²) in [7, 11) is 1.61. The lowest BCUT2D eigenvalue weighted by molar-refractivity contribution is 0.102. The second-order valence-corrected chi connectivity index (χ2v) is 7.01. The van der Waals surface area contributed by atoms with E-state index in [2.05, 4.69) is 15.3 Å². The van der Waals surface area contributed by atoms with Crippen LogP contribution in [0.2, 0.25) is 0 Å². The molecular formula is C23H23N3O3. The van der Waals surface area contributed by atoms with E-state index in [4.69, 9.17) is 9.47 Å². The summed E-state index contributed by atoms with van der Waals surface area (Å²) < 4.78 is 11.5. The van der Waals surface area contributed by atoms with Gasteiger partial charge < -0.3 is 14.8 Å². The van der Waals surface area contributed by atoms with E-state index in [0.29, 0.717) is 28.6 Å². The van der Waals surface area contributed by atoms with E-state index in [9.17, 15) is 4.79 Å². The van der Waals surface area contributed by atoms with Gasteiger partial charge >= 0.3 is 0 Å². The minimum Gasteiger partial charge on any atom is -0.493 e. The molecule has 0 bridgehead atoms. The van der Waals surface area contributed by atoms with E-state index >= 15 is 0 Å². The number of hydrogen-bond donors (Lipinski definition) is 1. The van der Waals surface area contributed by atoms with Crippen LogP contribution in [0.1, 0.15) is 36.0 Å². The molecule has 29 heavy (non-hydrogen) atoms. The number of carbonyl (C=O) groups is 1. The zero-order valence-corrected chi connectivity index (χ0v) is 16.3. The van der Waals surface area contributed by atoms with Gasteiger partial charge in [0.05, 0.1) is 18.8 Å². The van der Waals surface area contributed by atoms with Crippen molar-refractivity contribution in [1.29, 1.82) is 0 Å². The highest BCUT2D eigenvalue weighted by atomic mass is 16.5. The Balaban J connectivity index is 1.47. The zero-order chi connectivity index (χ0) is 20.1. The van der Waals surface area contributed by atoms with Crippen LogP contribution in [0.4, 0.5) is 5.69 Å². The van der Waals surface area contributed by atoms with Crippen LogP contribution in [0.15, 0.2) is 60.9 Å². The third-order valence-electron chi connectivity index (χ3n) is 4.96. The number of anilines is 1. The molecule has 1 fully saturated rings. The number of nitrogens with one attached hydrogen (secondary N) is 1. The summed E-state index contributed by atoms with van der Waals surface area (Å²) in [6, 6.07) is 15.0. The lowest BCUT2D eigenvalue weighted by Crippen LogP contribution is -2.14. The molecule has 1 heterocycles. The Morgan fingerprint density at radius 1 is 1.00 bits per heavy atom. The van der Waals surface area contributed by atoms with Gasteiger partial charge in [-0.15, -0.1) is 0 Å². The van der Waals surface area contributed by atoms with Crippen molar-refractivity contribution in [3.05, 3.63) is 66.5 Å². The van der Waals surface area contributed by atoms with Crippen molar-refractivity contribution in [3.63, 3.8) is 0 Å². The SMILES string of the molecule is COc1ccc(NC(=O)c2cnc(-c3ccccc3)nc2)cc1OC1CCCC1. The molecular weight excluding hydrogens is 366 g/mol. The normalized spacial score (nSPS) is 13.8. The number of amides is 1. The van der Waals surface area contributed by atoms with Crippen molar-refractivity contribution in [2.75, 3.05) is 12.4 Å². The molecule has 1 N–H and O–H groups in total. The highest BCUT2D eigenvalue weighted by molar-refractivity contribution is 6.04. The Kier molecular flexibility index (Phi) is 5.70. The molecule has 1 saturated carbocycles. The summed E-state index contributed by atoms with van der Waals surface area (Å²) in [5.41, 5.74) is 1.93. The van der Waals surface area contributed by atoms with Crippen LogP contribution in [0.25, 0.3) is 11.4 Å². The second-order valence-electron chi connectivity index (χ2n) is 7.01. The minimum atomic E-state index is -0.276. The maximum absolute atomic E-state index is 12.6. The number of benzene rings is 2. The van der Waals surface area contributed by atoms with Gasteiger partial charge in [0.1, 0.15) is 0 Å². The molecule has 148 valence electrons. The predicted molar refractivity (Wildman–Crippen MR) is 111 cm³/mol. The van der Waals surface area contributed by atoms with E-state index < -0.39 is 0 Å². The van der Waals surface area contributed by atoms with Crippen LogP contribution in [-0.2, 0) is 0 Å². The molecule has 6 nitrogen and oxygen atoms in total. The molecule has 0 aliphatic heterocycles. The lowest BCUT2D eigenvalue weighted by Gasteiger charge is -2.17. The van der Waals surface area contributed by atoms with Gasteiger partial charge in [0.2, 0.25) is 0 Å². The number of ether oxygens (including phenoxy) is 2. The Hall–Kier alpha value is -3.41. The van der Waals surface area contributed by atoms with Crippen molar-refractivity contribution in [2.24, 2.45) is 0 Å². The molecule has 1 aliphatic rings. The average molecular weight is 389 g/mol. The lowest BCUT2D eigenvalue weighted by atomic mass is 10.2. The first kappa shape index (κ1) is 18.9. The summed E-state index contributed by atoms with van der Waals surface area (Å²) in [6.07, 6.45) is 7.73. The van der Waals surface area contributed by atoms with Gasteiger partial charge in [-0.1, -0.05) is 30.3 Å². The smallest absolute Gasteiger partial charge is 0.258 e. The summed E-state index contributed by atoms with van der Waals surface area (Å²) in [6.45, 7) is 0. The summed E-state index contributed by atoms with van der Waals surface area (Å²) in [5, 5.41) is 2.88. The number of methoxy groups -OCH3 is 1. The van der Waals surface area contributed by atoms with Crippen molar-refractivity contribution < 1.29 is 14.3 Å². The predicted octanol–water partition coefficient (Wildman–Crippen LogP) is 4.73. The molecule has 1 aromatic heterocycles. The maximum Gasteiger partial charge on any atom is 0.258 e. The van der Waals surface area contributed by atoms with Gasteiger partial charge in [0.15, 0.2) is 17.3 Å². The fraction of sp³-hybridized carbons (Fsp3) is 0.261. The molecule has 0 unspecified atom stereocenters. The van der Waals surface area contributed by atoms with Crippen LogP contribution >= 0.6 is 0 Å². The molecule has 0 radical (unpaired) electrons. The van der Waals surface area contributed by atoms with Crippen LogP contribution in [-0.4, -0.2) is 29.1 Å². The third-order valence-corrected chi connectivity index (χ3v) is 4.96. The molecule has 0 atom stereocenters. The molecule has 2 aromatic carbocycles. The molecule has 0 saturated heterocycles. The number of hydrogen-bond acceptors (Lipinski definition) is 5. The van der Waals surface area contributed by atoms with Crippen LogP contribution in [0.3, 0.4) is 0 Å². The zero-order valence-electron chi connectivity index (χ0n) is 16.3. The van der Waals surface area contributed by atoms with E-state index in [1.54, 1.807) is 25.3 Å². The van der Waals surface area contributed by atoms with Gasteiger partial charge in [0, 0.05) is 29.7 Å². The van der Waals surface area contributed by atoms with Crippen LogP contribution in [0.5, 0.6) is 11.5 Å². The molecule has 4 rings (SSSR count). The number of nitrogens with zero attached hydrogens (tertiary/aromatic N) is 2. The first-order chi connectivity index (χ1) is 14.2. The molecule has 1 amide bonds. The van der Waals surface area contributed by atoms with Crippen molar-refractivity contribution >= 4 is 11.6 Å². The first-order valence-electron chi connectivity index (χ1n) is 9.76. The topological polar surface area (TPSA) is 73.3 Å². The average Bonchev–Trinajstić information content (AvgIpc) is 3.28. The van der Waals surface area contributed by atoms with Crippen LogP contribution < -0.4 is 14.8 Å². The number of rotatable bonds is 6. The van der Waals surface area contributed by atoms with Gasteiger partial charge in [-0.2, -0.15) is 0 Å². The summed E-state index contributed by atoms with van der Waals surface area (Å²) in [4.78, 5) is 21.2. The van der Waals surface area contributed by atoms with E-state index in [1.165, 1.54) is 25.2 Å². The highest BCUT2D eigenvalue weighted by Crippen LogP contribution is 2.34. The van der Waals surface area contributed by atoms with Gasteiger partial charge in [-0.25, -0.2) is 9.97 Å². The number of aromatic nitrogens is 2. The Morgan fingerprint density at radius 2 is 1.72 bits per heavy atom. The van der Waals surface area contributed by atoms with Crippen molar-refractivity contribution in [1.82, 2.24) is 9.97 Å². The van der Waals surface area contributed by atoms with Gasteiger partial charge in [0.25, 0.3) is 5.91 Å². The molecule has 0 spiro atoms. The first-order valence-corrected chi connectivity index (χ1v) is 9.76. The monoisotopic (exact) mass is 389 g/mol. The van der Waals surface area contributed by atoms with E-state index in [1.807, 2.05) is 30.3 Å². The largest absolute Gasteiger partial charge is 0.493 e. The maximum atomic E-state index is 12.6. The molecule has 1 aliphatic carbocycles. The summed E-state index contributed by atoms with van der Waals surface area (Å²) in [5.74, 6) is 1.61. The van der Waals surface area contributed by atoms with Crippen LogP contribution in [0, 0.1) is 0 Å². The Morgan fingerprint density at radius 3 is 2.41 bits per heavy atom. The molecule has 3 aromatic rings. The van der Waals surface area contributed by atoms with Gasteiger partial charge in [-0.3, -0.25) is 4.79 Å². The Labute approximate surface area is 169 Å². The van der Waals surface area contributed by atoms with Crippen molar-refractivity contribution in [2.45, 2.75) is 31.8 Å². The van der Waals surface area contributed by atoms with Gasteiger partial charge in [-0.05, 0) is 37.8 Å². The third kappa shape index (κ3) is 4.54. The Bertz CT molecular complexity index is 968. The fourth-order valence-corrected chi connectivity index (χ4v) is 3.42. The quantitative estimate of drug-likeness (QED) is 0.660. The standard InChI is InChI=1S/C23H23N3O3/c1-28-20-12-11-18(13-21(20)29-19-9-5-6-10-19)26-23(27)17-14-24-22(25-15-17)16-7-3-2-4-8-16/h2-4,7-8,11-15,19H,5-6,9-10H2,1H3,(H,26,27). The minimum absolute atomic E-state index is 0.203. The van der Waals surface area contributed by atoms with E-state index in [0.717, 1.165) is 18.4 Å². The van der Waals surface area contributed by atoms with E-state index in [-0.39, 0.29) is 12.0 Å². The number of carbonyl (C=O) groups excluding carboxylic acids is 1.